The van der Waals surface area contributed by atoms with Gasteiger partial charge in [-0.1, -0.05) is 6.07 Å². The van der Waals surface area contributed by atoms with Gasteiger partial charge in [-0.3, -0.25) is 4.79 Å². The fourth-order valence-corrected chi connectivity index (χ4v) is 3.09. The summed E-state index contributed by atoms with van der Waals surface area (Å²) < 4.78 is 12.8. The summed E-state index contributed by atoms with van der Waals surface area (Å²) in [4.78, 5) is 14.4. The molecular formula is C22H27N3O3. The third-order valence-corrected chi connectivity index (χ3v) is 4.79. The molecule has 0 bridgehead atoms. The number of amides is 1. The zero-order chi connectivity index (χ0) is 20.1. The number of carbonyl (C=O) groups excluding carboxylic acids is 1. The zero-order valence-electron chi connectivity index (χ0n) is 16.9. The Bertz CT molecular complexity index is 895. The lowest BCUT2D eigenvalue weighted by atomic mass is 10.1. The standard InChI is InChI=1S/C22H27N3O3/c1-16-12-17(2)14-20(13-16)28-15-25-10-9-21(23-25)22(26)24(4)18(3)7-8-19-6-5-11-27-19/h5-6,9-14,18H,7-8,15H2,1-4H3. The van der Waals surface area contributed by atoms with E-state index < -0.39 is 0 Å². The van der Waals surface area contributed by atoms with Crippen molar-refractivity contribution in [1.29, 1.82) is 0 Å². The highest BCUT2D eigenvalue weighted by Crippen LogP contribution is 2.17. The zero-order valence-corrected chi connectivity index (χ0v) is 16.9. The van der Waals surface area contributed by atoms with Gasteiger partial charge in [0, 0.05) is 25.7 Å². The third-order valence-electron chi connectivity index (χ3n) is 4.79. The van der Waals surface area contributed by atoms with Crippen LogP contribution in [-0.4, -0.2) is 33.7 Å². The number of furan rings is 1. The summed E-state index contributed by atoms with van der Waals surface area (Å²) in [6.07, 6.45) is 5.05. The molecule has 1 amide bonds. The van der Waals surface area contributed by atoms with Crippen molar-refractivity contribution in [2.24, 2.45) is 0 Å². The van der Waals surface area contributed by atoms with Gasteiger partial charge in [-0.05, 0) is 68.7 Å². The summed E-state index contributed by atoms with van der Waals surface area (Å²) in [6.45, 7) is 6.36. The number of hydrogen-bond acceptors (Lipinski definition) is 4. The minimum atomic E-state index is -0.0999. The molecule has 148 valence electrons. The van der Waals surface area contributed by atoms with Gasteiger partial charge < -0.3 is 14.1 Å². The molecule has 0 radical (unpaired) electrons. The highest BCUT2D eigenvalue weighted by Gasteiger charge is 2.20. The molecule has 0 aliphatic heterocycles. The summed E-state index contributed by atoms with van der Waals surface area (Å²) in [5, 5.41) is 4.37. The normalized spacial score (nSPS) is 12.0. The minimum absolute atomic E-state index is 0.0780. The van der Waals surface area contributed by atoms with Crippen LogP contribution in [0.3, 0.4) is 0 Å². The monoisotopic (exact) mass is 381 g/mol. The van der Waals surface area contributed by atoms with Crippen LogP contribution in [0.25, 0.3) is 0 Å². The third kappa shape index (κ3) is 5.03. The van der Waals surface area contributed by atoms with Crippen LogP contribution in [0.4, 0.5) is 0 Å². The maximum atomic E-state index is 12.7. The molecule has 0 saturated carbocycles. The van der Waals surface area contributed by atoms with E-state index in [4.69, 9.17) is 9.15 Å². The van der Waals surface area contributed by atoms with Gasteiger partial charge in [-0.25, -0.2) is 4.68 Å². The molecule has 2 heterocycles. The molecule has 3 rings (SSSR count). The molecule has 2 aromatic heterocycles. The average molecular weight is 381 g/mol. The molecule has 0 spiro atoms. The minimum Gasteiger partial charge on any atom is -0.471 e. The second-order valence-corrected chi connectivity index (χ2v) is 7.22. The Labute approximate surface area is 165 Å². The van der Waals surface area contributed by atoms with Gasteiger partial charge in [-0.15, -0.1) is 0 Å². The first kappa shape index (κ1) is 19.7. The number of carbonyl (C=O) groups is 1. The maximum Gasteiger partial charge on any atom is 0.274 e. The molecule has 0 aliphatic carbocycles. The van der Waals surface area contributed by atoms with Crippen molar-refractivity contribution < 1.29 is 13.9 Å². The highest BCUT2D eigenvalue weighted by molar-refractivity contribution is 5.92. The molecule has 28 heavy (non-hydrogen) atoms. The van der Waals surface area contributed by atoms with Crippen molar-refractivity contribution in [3.63, 3.8) is 0 Å². The van der Waals surface area contributed by atoms with Crippen molar-refractivity contribution in [2.45, 2.75) is 46.4 Å². The van der Waals surface area contributed by atoms with Crippen molar-refractivity contribution in [2.75, 3.05) is 7.05 Å². The quantitative estimate of drug-likeness (QED) is 0.586. The van der Waals surface area contributed by atoms with Crippen LogP contribution in [0.5, 0.6) is 5.75 Å². The van der Waals surface area contributed by atoms with Gasteiger partial charge in [0.1, 0.15) is 11.5 Å². The number of benzene rings is 1. The van der Waals surface area contributed by atoms with Crippen molar-refractivity contribution in [3.05, 3.63) is 71.4 Å². The SMILES string of the molecule is Cc1cc(C)cc(OCn2ccc(C(=O)N(C)C(C)CCc3ccco3)n2)c1. The van der Waals surface area contributed by atoms with Crippen LogP contribution < -0.4 is 4.74 Å². The molecule has 3 aromatic rings. The van der Waals surface area contributed by atoms with Crippen LogP contribution >= 0.6 is 0 Å². The average Bonchev–Trinajstić information content (AvgIpc) is 3.34. The van der Waals surface area contributed by atoms with Gasteiger partial charge in [0.2, 0.25) is 0 Å². The first-order valence-corrected chi connectivity index (χ1v) is 9.46. The molecule has 6 heteroatoms. The lowest BCUT2D eigenvalue weighted by Crippen LogP contribution is -2.35. The molecule has 0 aliphatic rings. The Morgan fingerprint density at radius 2 is 2.00 bits per heavy atom. The fraction of sp³-hybridized carbons (Fsp3) is 0.364. The van der Waals surface area contributed by atoms with Crippen molar-refractivity contribution >= 4 is 5.91 Å². The van der Waals surface area contributed by atoms with Crippen LogP contribution in [0.1, 0.15) is 40.7 Å². The molecule has 1 atom stereocenters. The number of nitrogens with zero attached hydrogens (tertiary/aromatic N) is 3. The maximum absolute atomic E-state index is 12.7. The molecule has 1 unspecified atom stereocenters. The summed E-state index contributed by atoms with van der Waals surface area (Å²) in [5.74, 6) is 1.63. The highest BCUT2D eigenvalue weighted by atomic mass is 16.5. The Morgan fingerprint density at radius 1 is 1.25 bits per heavy atom. The van der Waals surface area contributed by atoms with E-state index in [9.17, 15) is 4.79 Å². The van der Waals surface area contributed by atoms with Gasteiger partial charge in [0.25, 0.3) is 5.91 Å². The van der Waals surface area contributed by atoms with Gasteiger partial charge in [-0.2, -0.15) is 5.10 Å². The Morgan fingerprint density at radius 3 is 2.68 bits per heavy atom. The van der Waals surface area contributed by atoms with E-state index in [2.05, 4.69) is 11.2 Å². The Kier molecular flexibility index (Phi) is 6.19. The van der Waals surface area contributed by atoms with Crippen LogP contribution in [0, 0.1) is 13.8 Å². The van der Waals surface area contributed by atoms with Gasteiger partial charge >= 0.3 is 0 Å². The second kappa shape index (κ2) is 8.78. The summed E-state index contributed by atoms with van der Waals surface area (Å²) >= 11 is 0. The first-order chi connectivity index (χ1) is 13.4. The van der Waals surface area contributed by atoms with Crippen LogP contribution in [-0.2, 0) is 13.2 Å². The molecule has 0 N–H and O–H groups in total. The second-order valence-electron chi connectivity index (χ2n) is 7.22. The van der Waals surface area contributed by atoms with Gasteiger partial charge in [0.15, 0.2) is 12.4 Å². The van der Waals surface area contributed by atoms with E-state index in [1.807, 2.05) is 45.0 Å². The Balaban J connectivity index is 1.55. The predicted molar refractivity (Wildman–Crippen MR) is 107 cm³/mol. The number of aromatic nitrogens is 2. The van der Waals surface area contributed by atoms with Crippen LogP contribution in [0.2, 0.25) is 0 Å². The van der Waals surface area contributed by atoms with E-state index in [-0.39, 0.29) is 18.7 Å². The number of ether oxygens (including phenoxy) is 1. The van der Waals surface area contributed by atoms with E-state index in [0.29, 0.717) is 5.69 Å². The van der Waals surface area contributed by atoms with Crippen molar-refractivity contribution in [1.82, 2.24) is 14.7 Å². The summed E-state index contributed by atoms with van der Waals surface area (Å²) in [5.41, 5.74) is 2.71. The fourth-order valence-electron chi connectivity index (χ4n) is 3.09. The van der Waals surface area contributed by atoms with Crippen LogP contribution in [0.15, 0.2) is 53.3 Å². The first-order valence-electron chi connectivity index (χ1n) is 9.46. The lowest BCUT2D eigenvalue weighted by molar-refractivity contribution is 0.0728. The molecular weight excluding hydrogens is 354 g/mol. The van der Waals surface area contributed by atoms with E-state index in [1.165, 1.54) is 0 Å². The number of aryl methyl sites for hydroxylation is 3. The summed E-state index contributed by atoms with van der Waals surface area (Å²) in [6, 6.07) is 11.7. The van der Waals surface area contributed by atoms with E-state index in [1.54, 1.807) is 35.2 Å². The summed E-state index contributed by atoms with van der Waals surface area (Å²) in [7, 11) is 1.81. The predicted octanol–water partition coefficient (Wildman–Crippen LogP) is 4.22. The molecule has 0 fully saturated rings. The number of rotatable bonds is 8. The number of hydrogen-bond donors (Lipinski definition) is 0. The molecule has 6 nitrogen and oxygen atoms in total. The lowest BCUT2D eigenvalue weighted by Gasteiger charge is -2.23. The van der Waals surface area contributed by atoms with Crippen molar-refractivity contribution in [3.8, 4) is 5.75 Å². The molecule has 0 saturated heterocycles. The molecule has 1 aromatic carbocycles. The van der Waals surface area contributed by atoms with E-state index in [0.717, 1.165) is 35.5 Å². The topological polar surface area (TPSA) is 60.5 Å². The van der Waals surface area contributed by atoms with Gasteiger partial charge in [0.05, 0.1) is 6.26 Å². The Hall–Kier alpha value is -3.02. The largest absolute Gasteiger partial charge is 0.471 e. The van der Waals surface area contributed by atoms with E-state index >= 15 is 0 Å². The smallest absolute Gasteiger partial charge is 0.274 e.